The maximum Gasteiger partial charge on any atom is 0.231 e. The van der Waals surface area contributed by atoms with Crippen LogP contribution in [-0.2, 0) is 4.79 Å². The highest BCUT2D eigenvalue weighted by Crippen LogP contribution is 2.18. The molecule has 20 heavy (non-hydrogen) atoms. The summed E-state index contributed by atoms with van der Waals surface area (Å²) >= 11 is 0. The fourth-order valence-electron chi connectivity index (χ4n) is 2.62. The van der Waals surface area contributed by atoms with Crippen molar-refractivity contribution in [3.8, 4) is 0 Å². The van der Waals surface area contributed by atoms with E-state index in [4.69, 9.17) is 10.8 Å². The summed E-state index contributed by atoms with van der Waals surface area (Å²) in [5, 5.41) is 8.93. The average molecular weight is 277 g/mol. The van der Waals surface area contributed by atoms with Gasteiger partial charge in [0.05, 0.1) is 12.5 Å². The van der Waals surface area contributed by atoms with Gasteiger partial charge in [-0.05, 0) is 5.56 Å². The van der Waals surface area contributed by atoms with Crippen LogP contribution < -0.4 is 5.73 Å². The second kappa shape index (κ2) is 7.38. The molecule has 1 aromatic carbocycles. The van der Waals surface area contributed by atoms with Crippen molar-refractivity contribution < 1.29 is 9.90 Å². The summed E-state index contributed by atoms with van der Waals surface area (Å²) in [6, 6.07) is 9.72. The zero-order valence-corrected chi connectivity index (χ0v) is 11.7. The van der Waals surface area contributed by atoms with E-state index in [-0.39, 0.29) is 18.4 Å². The number of benzene rings is 1. The Morgan fingerprint density at radius 1 is 1.20 bits per heavy atom. The van der Waals surface area contributed by atoms with Gasteiger partial charge in [0.1, 0.15) is 0 Å². The minimum Gasteiger partial charge on any atom is -0.395 e. The summed E-state index contributed by atoms with van der Waals surface area (Å²) in [6.45, 7) is 4.24. The number of aliphatic hydroxyl groups is 1. The SMILES string of the molecule is NCC(C(=O)N1CCN(CCO)CC1)c1ccccc1. The molecule has 0 spiro atoms. The van der Waals surface area contributed by atoms with Gasteiger partial charge >= 0.3 is 0 Å². The monoisotopic (exact) mass is 277 g/mol. The maximum absolute atomic E-state index is 12.6. The molecule has 1 amide bonds. The second-order valence-electron chi connectivity index (χ2n) is 5.09. The van der Waals surface area contributed by atoms with Gasteiger partial charge in [-0.25, -0.2) is 0 Å². The van der Waals surface area contributed by atoms with E-state index in [1.54, 1.807) is 0 Å². The van der Waals surface area contributed by atoms with Crippen molar-refractivity contribution in [3.05, 3.63) is 35.9 Å². The van der Waals surface area contributed by atoms with Crippen LogP contribution in [0.5, 0.6) is 0 Å². The first-order valence-corrected chi connectivity index (χ1v) is 7.13. The Hall–Kier alpha value is -1.43. The molecule has 1 fully saturated rings. The van der Waals surface area contributed by atoms with Gasteiger partial charge in [0.25, 0.3) is 0 Å². The Morgan fingerprint density at radius 3 is 2.40 bits per heavy atom. The van der Waals surface area contributed by atoms with Gasteiger partial charge in [0.15, 0.2) is 0 Å². The standard InChI is InChI=1S/C15H23N3O2/c16-12-14(13-4-2-1-3-5-13)15(20)18-8-6-17(7-9-18)10-11-19/h1-5,14,19H,6-12,16H2. The molecule has 2 rings (SSSR count). The van der Waals surface area contributed by atoms with Crippen molar-refractivity contribution in [1.29, 1.82) is 0 Å². The van der Waals surface area contributed by atoms with E-state index < -0.39 is 0 Å². The van der Waals surface area contributed by atoms with Crippen molar-refractivity contribution in [1.82, 2.24) is 9.80 Å². The summed E-state index contributed by atoms with van der Waals surface area (Å²) in [5.74, 6) is -0.136. The molecule has 5 heteroatoms. The van der Waals surface area contributed by atoms with Crippen molar-refractivity contribution in [2.45, 2.75) is 5.92 Å². The van der Waals surface area contributed by atoms with Crippen molar-refractivity contribution >= 4 is 5.91 Å². The quantitative estimate of drug-likeness (QED) is 0.786. The van der Waals surface area contributed by atoms with Crippen LogP contribution in [0.15, 0.2) is 30.3 Å². The molecule has 1 heterocycles. The number of nitrogens with two attached hydrogens (primary N) is 1. The van der Waals surface area contributed by atoms with Crippen LogP contribution in [0.2, 0.25) is 0 Å². The van der Waals surface area contributed by atoms with Crippen LogP contribution in [0.4, 0.5) is 0 Å². The molecule has 0 aliphatic carbocycles. The molecule has 3 N–H and O–H groups in total. The Kier molecular flexibility index (Phi) is 5.52. The van der Waals surface area contributed by atoms with E-state index in [9.17, 15) is 4.79 Å². The third-order valence-electron chi connectivity index (χ3n) is 3.84. The van der Waals surface area contributed by atoms with Crippen LogP contribution in [0.1, 0.15) is 11.5 Å². The molecule has 110 valence electrons. The normalized spacial score (nSPS) is 18.0. The molecule has 1 aromatic rings. The van der Waals surface area contributed by atoms with E-state index in [1.807, 2.05) is 35.2 Å². The van der Waals surface area contributed by atoms with E-state index >= 15 is 0 Å². The number of piperazine rings is 1. The fraction of sp³-hybridized carbons (Fsp3) is 0.533. The summed E-state index contributed by atoms with van der Waals surface area (Å²) in [7, 11) is 0. The molecule has 1 aliphatic rings. The zero-order chi connectivity index (χ0) is 14.4. The van der Waals surface area contributed by atoms with E-state index in [0.29, 0.717) is 26.2 Å². The third kappa shape index (κ3) is 3.56. The number of carbonyl (C=O) groups excluding carboxylic acids is 1. The van der Waals surface area contributed by atoms with Gasteiger partial charge in [-0.1, -0.05) is 30.3 Å². The van der Waals surface area contributed by atoms with Gasteiger partial charge in [-0.3, -0.25) is 9.69 Å². The predicted molar refractivity (Wildman–Crippen MR) is 78.3 cm³/mol. The molecular formula is C15H23N3O2. The Balaban J connectivity index is 1.97. The van der Waals surface area contributed by atoms with E-state index in [1.165, 1.54) is 0 Å². The smallest absolute Gasteiger partial charge is 0.231 e. The lowest BCUT2D eigenvalue weighted by Gasteiger charge is -2.36. The number of rotatable bonds is 5. The van der Waals surface area contributed by atoms with Crippen molar-refractivity contribution in [3.63, 3.8) is 0 Å². The largest absolute Gasteiger partial charge is 0.395 e. The van der Waals surface area contributed by atoms with Crippen LogP contribution in [0.25, 0.3) is 0 Å². The lowest BCUT2D eigenvalue weighted by Crippen LogP contribution is -2.51. The zero-order valence-electron chi connectivity index (χ0n) is 11.7. The number of nitrogens with zero attached hydrogens (tertiary/aromatic N) is 2. The number of hydrogen-bond acceptors (Lipinski definition) is 4. The van der Waals surface area contributed by atoms with Crippen LogP contribution in [-0.4, -0.2) is 66.7 Å². The summed E-state index contributed by atoms with van der Waals surface area (Å²) in [5.41, 5.74) is 6.78. The first kappa shape index (κ1) is 15.0. The third-order valence-corrected chi connectivity index (χ3v) is 3.84. The van der Waals surface area contributed by atoms with Gasteiger partial charge in [0.2, 0.25) is 5.91 Å². The number of aliphatic hydroxyl groups excluding tert-OH is 1. The van der Waals surface area contributed by atoms with Crippen LogP contribution >= 0.6 is 0 Å². The van der Waals surface area contributed by atoms with Crippen LogP contribution in [0, 0.1) is 0 Å². The van der Waals surface area contributed by atoms with E-state index in [2.05, 4.69) is 4.90 Å². The van der Waals surface area contributed by atoms with Gasteiger partial charge in [0, 0.05) is 39.3 Å². The van der Waals surface area contributed by atoms with Gasteiger partial charge in [-0.15, -0.1) is 0 Å². The number of hydrogen-bond donors (Lipinski definition) is 2. The minimum atomic E-state index is -0.249. The average Bonchev–Trinajstić information content (AvgIpc) is 2.50. The Morgan fingerprint density at radius 2 is 1.85 bits per heavy atom. The lowest BCUT2D eigenvalue weighted by atomic mass is 9.97. The predicted octanol–water partition coefficient (Wildman–Crippen LogP) is -0.135. The molecule has 5 nitrogen and oxygen atoms in total. The number of amides is 1. The molecule has 0 aromatic heterocycles. The number of carbonyl (C=O) groups is 1. The lowest BCUT2D eigenvalue weighted by molar-refractivity contribution is -0.134. The summed E-state index contributed by atoms with van der Waals surface area (Å²) in [4.78, 5) is 16.6. The van der Waals surface area contributed by atoms with Crippen LogP contribution in [0.3, 0.4) is 0 Å². The van der Waals surface area contributed by atoms with Crippen molar-refractivity contribution in [2.24, 2.45) is 5.73 Å². The molecule has 0 saturated carbocycles. The summed E-state index contributed by atoms with van der Waals surface area (Å²) < 4.78 is 0. The molecule has 0 radical (unpaired) electrons. The Bertz CT molecular complexity index is 416. The molecule has 1 aliphatic heterocycles. The Labute approximate surface area is 120 Å². The van der Waals surface area contributed by atoms with Crippen molar-refractivity contribution in [2.75, 3.05) is 45.9 Å². The highest BCUT2D eigenvalue weighted by atomic mass is 16.3. The van der Waals surface area contributed by atoms with Gasteiger partial charge in [-0.2, -0.15) is 0 Å². The molecule has 1 saturated heterocycles. The highest BCUT2D eigenvalue weighted by molar-refractivity contribution is 5.84. The highest BCUT2D eigenvalue weighted by Gasteiger charge is 2.27. The van der Waals surface area contributed by atoms with Gasteiger partial charge < -0.3 is 15.7 Å². The first-order chi connectivity index (χ1) is 9.76. The molecule has 1 atom stereocenters. The minimum absolute atomic E-state index is 0.113. The summed E-state index contributed by atoms with van der Waals surface area (Å²) in [6.07, 6.45) is 0. The maximum atomic E-state index is 12.6. The second-order valence-corrected chi connectivity index (χ2v) is 5.09. The first-order valence-electron chi connectivity index (χ1n) is 7.13. The molecular weight excluding hydrogens is 254 g/mol. The topological polar surface area (TPSA) is 69.8 Å². The molecule has 1 unspecified atom stereocenters. The van der Waals surface area contributed by atoms with E-state index in [0.717, 1.165) is 18.7 Å². The molecule has 0 bridgehead atoms. The number of β-amino-alcohol motifs (C(OH)–C–C–N with tert-alkyl or cyclic N) is 1. The fourth-order valence-corrected chi connectivity index (χ4v) is 2.62.